The van der Waals surface area contributed by atoms with Crippen molar-refractivity contribution in [2.75, 3.05) is 6.54 Å². The van der Waals surface area contributed by atoms with Gasteiger partial charge >= 0.3 is 0 Å². The number of hydrogen-bond acceptors (Lipinski definition) is 1. The van der Waals surface area contributed by atoms with Gasteiger partial charge in [-0.15, -0.1) is 0 Å². The topological polar surface area (TPSA) is 26.0 Å². The summed E-state index contributed by atoms with van der Waals surface area (Å²) in [6.45, 7) is 0.776. The fourth-order valence-corrected chi connectivity index (χ4v) is 1.59. The standard InChI is InChI=1S/C12H14FN/c13-12-5-2-9(3-6-12)1-4-10-7-11(10)8-14/h1-6,10-11H,7-8,14H2/b4-1+. The van der Waals surface area contributed by atoms with E-state index in [2.05, 4.69) is 6.08 Å². The van der Waals surface area contributed by atoms with Crippen molar-refractivity contribution < 1.29 is 4.39 Å². The first-order valence-corrected chi connectivity index (χ1v) is 4.93. The minimum Gasteiger partial charge on any atom is -0.330 e. The first-order chi connectivity index (χ1) is 6.79. The van der Waals surface area contributed by atoms with Gasteiger partial charge in [-0.3, -0.25) is 0 Å². The number of nitrogens with two attached hydrogens (primary N) is 1. The Hall–Kier alpha value is -1.15. The van der Waals surface area contributed by atoms with E-state index in [0.717, 1.165) is 12.1 Å². The molecule has 1 aliphatic carbocycles. The highest BCUT2D eigenvalue weighted by Gasteiger charge is 2.32. The normalized spacial score (nSPS) is 25.6. The molecule has 0 aliphatic heterocycles. The van der Waals surface area contributed by atoms with Gasteiger partial charge in [0.05, 0.1) is 0 Å². The Balaban J connectivity index is 1.94. The van der Waals surface area contributed by atoms with Gasteiger partial charge in [-0.05, 0) is 42.5 Å². The molecular formula is C12H14FN. The van der Waals surface area contributed by atoms with Crippen molar-refractivity contribution in [2.24, 2.45) is 17.6 Å². The van der Waals surface area contributed by atoms with E-state index in [1.54, 1.807) is 12.1 Å². The van der Waals surface area contributed by atoms with E-state index in [0.29, 0.717) is 11.8 Å². The van der Waals surface area contributed by atoms with Crippen molar-refractivity contribution in [3.8, 4) is 0 Å². The summed E-state index contributed by atoms with van der Waals surface area (Å²) in [5.74, 6) is 1.13. The van der Waals surface area contributed by atoms with E-state index in [1.165, 1.54) is 18.6 Å². The van der Waals surface area contributed by atoms with Gasteiger partial charge in [-0.2, -0.15) is 0 Å². The Kier molecular flexibility index (Phi) is 2.64. The molecule has 2 heteroatoms. The molecule has 1 aliphatic rings. The summed E-state index contributed by atoms with van der Waals surface area (Å²) in [7, 11) is 0. The lowest BCUT2D eigenvalue weighted by Gasteiger charge is -1.92. The Labute approximate surface area is 83.4 Å². The highest BCUT2D eigenvalue weighted by Crippen LogP contribution is 2.38. The molecule has 1 aromatic carbocycles. The van der Waals surface area contributed by atoms with Crippen LogP contribution in [0.15, 0.2) is 30.3 Å². The van der Waals surface area contributed by atoms with Crippen LogP contribution in [0.5, 0.6) is 0 Å². The van der Waals surface area contributed by atoms with Crippen LogP contribution < -0.4 is 5.73 Å². The van der Waals surface area contributed by atoms with Crippen molar-refractivity contribution in [3.63, 3.8) is 0 Å². The van der Waals surface area contributed by atoms with Crippen molar-refractivity contribution in [1.29, 1.82) is 0 Å². The number of allylic oxidation sites excluding steroid dienone is 1. The zero-order valence-electron chi connectivity index (χ0n) is 7.99. The molecule has 2 atom stereocenters. The van der Waals surface area contributed by atoms with Gasteiger partial charge in [-0.1, -0.05) is 24.3 Å². The maximum absolute atomic E-state index is 12.6. The molecule has 1 fully saturated rings. The van der Waals surface area contributed by atoms with Crippen LogP contribution >= 0.6 is 0 Å². The van der Waals surface area contributed by atoms with Crippen LogP contribution in [0, 0.1) is 17.7 Å². The van der Waals surface area contributed by atoms with E-state index in [1.807, 2.05) is 6.08 Å². The molecule has 1 nitrogen and oxygen atoms in total. The fraction of sp³-hybridized carbons (Fsp3) is 0.333. The molecule has 1 saturated carbocycles. The van der Waals surface area contributed by atoms with Gasteiger partial charge in [0.2, 0.25) is 0 Å². The predicted molar refractivity (Wildman–Crippen MR) is 56.1 cm³/mol. The van der Waals surface area contributed by atoms with Crippen molar-refractivity contribution in [1.82, 2.24) is 0 Å². The van der Waals surface area contributed by atoms with E-state index in [-0.39, 0.29) is 5.82 Å². The minimum atomic E-state index is -0.187. The fourth-order valence-electron chi connectivity index (χ4n) is 1.59. The second-order valence-corrected chi connectivity index (χ2v) is 3.81. The van der Waals surface area contributed by atoms with Crippen LogP contribution in [0.25, 0.3) is 6.08 Å². The second-order valence-electron chi connectivity index (χ2n) is 3.81. The lowest BCUT2D eigenvalue weighted by molar-refractivity contribution is 0.628. The molecule has 1 aromatic rings. The number of hydrogen-bond donors (Lipinski definition) is 1. The average Bonchev–Trinajstić information content (AvgIpc) is 2.96. The Morgan fingerprint density at radius 3 is 2.64 bits per heavy atom. The Morgan fingerprint density at radius 2 is 2.07 bits per heavy atom. The Morgan fingerprint density at radius 1 is 1.36 bits per heavy atom. The van der Waals surface area contributed by atoms with Crippen molar-refractivity contribution in [3.05, 3.63) is 41.7 Å². The summed E-state index contributed by atoms with van der Waals surface area (Å²) in [4.78, 5) is 0. The summed E-state index contributed by atoms with van der Waals surface area (Å²) in [6.07, 6.45) is 5.42. The van der Waals surface area contributed by atoms with Gasteiger partial charge in [0.15, 0.2) is 0 Å². The maximum Gasteiger partial charge on any atom is 0.123 e. The summed E-state index contributed by atoms with van der Waals surface area (Å²) in [6, 6.07) is 6.53. The first-order valence-electron chi connectivity index (χ1n) is 4.93. The number of rotatable bonds is 3. The van der Waals surface area contributed by atoms with E-state index in [4.69, 9.17) is 5.73 Å². The molecule has 0 aromatic heterocycles. The smallest absolute Gasteiger partial charge is 0.123 e. The monoisotopic (exact) mass is 191 g/mol. The van der Waals surface area contributed by atoms with Gasteiger partial charge in [0.1, 0.15) is 5.82 Å². The summed E-state index contributed by atoms with van der Waals surface area (Å²) >= 11 is 0. The highest BCUT2D eigenvalue weighted by atomic mass is 19.1. The van der Waals surface area contributed by atoms with Crippen molar-refractivity contribution in [2.45, 2.75) is 6.42 Å². The van der Waals surface area contributed by atoms with Crippen LogP contribution in [0.4, 0.5) is 4.39 Å². The molecule has 2 rings (SSSR count). The molecular weight excluding hydrogens is 177 g/mol. The van der Waals surface area contributed by atoms with Crippen LogP contribution in [0.3, 0.4) is 0 Å². The zero-order valence-corrected chi connectivity index (χ0v) is 7.99. The first kappa shape index (κ1) is 9.41. The molecule has 2 unspecified atom stereocenters. The maximum atomic E-state index is 12.6. The van der Waals surface area contributed by atoms with E-state index >= 15 is 0 Å². The molecule has 0 heterocycles. The van der Waals surface area contributed by atoms with Crippen LogP contribution in [-0.2, 0) is 0 Å². The molecule has 0 bridgehead atoms. The third-order valence-corrected chi connectivity index (χ3v) is 2.69. The Bertz CT molecular complexity index is 329. The number of halogens is 1. The molecule has 0 radical (unpaired) electrons. The molecule has 0 spiro atoms. The van der Waals surface area contributed by atoms with Gasteiger partial charge in [0, 0.05) is 0 Å². The SMILES string of the molecule is NCC1CC1/C=C/c1ccc(F)cc1. The van der Waals surface area contributed by atoms with E-state index < -0.39 is 0 Å². The molecule has 74 valence electrons. The lowest BCUT2D eigenvalue weighted by atomic mass is 10.2. The van der Waals surface area contributed by atoms with E-state index in [9.17, 15) is 4.39 Å². The van der Waals surface area contributed by atoms with Crippen molar-refractivity contribution >= 4 is 6.08 Å². The molecule has 0 saturated heterocycles. The quantitative estimate of drug-likeness (QED) is 0.780. The molecule has 0 amide bonds. The molecule has 2 N–H and O–H groups in total. The van der Waals surface area contributed by atoms with Gasteiger partial charge in [-0.25, -0.2) is 4.39 Å². The van der Waals surface area contributed by atoms with Gasteiger partial charge < -0.3 is 5.73 Å². The lowest BCUT2D eigenvalue weighted by Crippen LogP contribution is -2.01. The van der Waals surface area contributed by atoms with Crippen LogP contribution in [-0.4, -0.2) is 6.54 Å². The summed E-state index contributed by atoms with van der Waals surface area (Å²) < 4.78 is 12.6. The third-order valence-electron chi connectivity index (χ3n) is 2.69. The van der Waals surface area contributed by atoms with Crippen LogP contribution in [0.2, 0.25) is 0 Å². The minimum absolute atomic E-state index is 0.187. The second kappa shape index (κ2) is 3.93. The summed E-state index contributed by atoms with van der Waals surface area (Å²) in [5, 5.41) is 0. The van der Waals surface area contributed by atoms with Crippen LogP contribution in [0.1, 0.15) is 12.0 Å². The third kappa shape index (κ3) is 2.20. The average molecular weight is 191 g/mol. The molecule has 14 heavy (non-hydrogen) atoms. The predicted octanol–water partition coefficient (Wildman–Crippen LogP) is 2.43. The summed E-state index contributed by atoms with van der Waals surface area (Å²) in [5.41, 5.74) is 6.58. The highest BCUT2D eigenvalue weighted by molar-refractivity contribution is 5.49. The largest absolute Gasteiger partial charge is 0.330 e. The van der Waals surface area contributed by atoms with Gasteiger partial charge in [0.25, 0.3) is 0 Å². The zero-order chi connectivity index (χ0) is 9.97. The number of benzene rings is 1.